The molecule has 2 atom stereocenters. The normalized spacial score (nSPS) is 14.0. The maximum absolute atomic E-state index is 12.2. The van der Waals surface area contributed by atoms with Crippen molar-refractivity contribution in [3.05, 3.63) is 54.1 Å². The predicted molar refractivity (Wildman–Crippen MR) is 147 cm³/mol. The lowest BCUT2D eigenvalue weighted by Crippen LogP contribution is -2.35. The van der Waals surface area contributed by atoms with Gasteiger partial charge in [-0.05, 0) is 37.8 Å². The Labute approximate surface area is 224 Å². The molecule has 1 aliphatic heterocycles. The molecule has 1 aliphatic rings. The van der Waals surface area contributed by atoms with E-state index in [0.717, 1.165) is 46.5 Å². The summed E-state index contributed by atoms with van der Waals surface area (Å²) in [5, 5.41) is 12.1. The number of carbonyl (C=O) groups excluding carboxylic acids is 2. The van der Waals surface area contributed by atoms with Crippen LogP contribution in [0.2, 0.25) is 0 Å². The van der Waals surface area contributed by atoms with Crippen LogP contribution in [0.15, 0.2) is 48.5 Å². The van der Waals surface area contributed by atoms with Gasteiger partial charge in [-0.2, -0.15) is 0 Å². The number of aromatic nitrogens is 3. The zero-order valence-electron chi connectivity index (χ0n) is 22.6. The quantitative estimate of drug-likeness (QED) is 0.361. The van der Waals surface area contributed by atoms with Gasteiger partial charge < -0.3 is 24.5 Å². The number of ether oxygens (including phenoxy) is 2. The molecule has 0 spiro atoms. The predicted octanol–water partition coefficient (Wildman–Crippen LogP) is 4.87. The summed E-state index contributed by atoms with van der Waals surface area (Å²) in [7, 11) is 0. The van der Waals surface area contributed by atoms with Gasteiger partial charge in [0.05, 0.1) is 24.9 Å². The smallest absolute Gasteiger partial charge is 0.407 e. The second-order valence-electron chi connectivity index (χ2n) is 10.1. The number of nitrogens with zero attached hydrogens (tertiary/aromatic N) is 4. The Bertz CT molecular complexity index is 1240. The second-order valence-corrected chi connectivity index (χ2v) is 10.1. The van der Waals surface area contributed by atoms with Crippen LogP contribution in [0, 0.1) is 5.92 Å². The van der Waals surface area contributed by atoms with Gasteiger partial charge in [0.25, 0.3) is 0 Å². The third kappa shape index (κ3) is 6.39. The first-order chi connectivity index (χ1) is 18.4. The highest BCUT2D eigenvalue weighted by molar-refractivity contribution is 5.88. The molecule has 202 valence electrons. The summed E-state index contributed by atoms with van der Waals surface area (Å²) < 4.78 is 12.9. The van der Waals surface area contributed by atoms with Crippen LogP contribution in [0.5, 0.6) is 0 Å². The Morgan fingerprint density at radius 3 is 2.58 bits per heavy atom. The van der Waals surface area contributed by atoms with Gasteiger partial charge in [0.15, 0.2) is 0 Å². The van der Waals surface area contributed by atoms with E-state index in [4.69, 9.17) is 9.47 Å². The third-order valence-corrected chi connectivity index (χ3v) is 6.62. The molecule has 0 saturated carbocycles. The maximum atomic E-state index is 12.2. The van der Waals surface area contributed by atoms with Crippen LogP contribution in [0.3, 0.4) is 0 Å². The largest absolute Gasteiger partial charge is 0.450 e. The number of amides is 1. The molecule has 1 amide bonds. The van der Waals surface area contributed by atoms with Gasteiger partial charge in [-0.1, -0.05) is 61.5 Å². The standard InChI is InChI=1S/C29H37N5O4/c1-20(2)13-16-37-29(36)30-14-15-33-17-23-9-5-6-10-24(23)28-27(25-11-7-8-12-26(25)33)31-32-34(28)21(3)19-38-22(4)18-35/h5-12,18,20-22H,13-17,19H2,1-4H3,(H,30,36). The highest BCUT2D eigenvalue weighted by Crippen LogP contribution is 2.41. The molecular formula is C29H37N5O4. The molecule has 0 bridgehead atoms. The molecule has 38 heavy (non-hydrogen) atoms. The summed E-state index contributed by atoms with van der Waals surface area (Å²) in [4.78, 5) is 25.5. The van der Waals surface area contributed by atoms with Crippen molar-refractivity contribution in [2.24, 2.45) is 5.92 Å². The average molecular weight is 520 g/mol. The number of rotatable bonds is 11. The van der Waals surface area contributed by atoms with Gasteiger partial charge in [0, 0.05) is 36.4 Å². The van der Waals surface area contributed by atoms with Crippen molar-refractivity contribution in [3.63, 3.8) is 0 Å². The van der Waals surface area contributed by atoms with E-state index in [1.54, 1.807) is 6.92 Å². The fraction of sp³-hybridized carbons (Fsp3) is 0.448. The molecule has 2 aromatic carbocycles. The summed E-state index contributed by atoms with van der Waals surface area (Å²) in [5.74, 6) is 0.485. The number of benzene rings is 2. The van der Waals surface area contributed by atoms with E-state index < -0.39 is 12.2 Å². The number of carbonyl (C=O) groups is 2. The number of nitrogens with one attached hydrogen (secondary N) is 1. The lowest BCUT2D eigenvalue weighted by Gasteiger charge is -2.30. The van der Waals surface area contributed by atoms with Crippen molar-refractivity contribution in [2.45, 2.75) is 52.8 Å². The van der Waals surface area contributed by atoms with Crippen molar-refractivity contribution >= 4 is 18.1 Å². The van der Waals surface area contributed by atoms with E-state index in [1.165, 1.54) is 0 Å². The van der Waals surface area contributed by atoms with E-state index in [1.807, 2.05) is 35.9 Å². The molecule has 0 aliphatic carbocycles. The SMILES string of the molecule is CC(C)CCOC(=O)NCCN1Cc2ccccc2-c2c(nnn2C(C)COC(C)C=O)-c2ccccc21. The molecule has 0 saturated heterocycles. The Hall–Kier alpha value is -3.72. The minimum atomic E-state index is -0.481. The molecular weight excluding hydrogens is 482 g/mol. The lowest BCUT2D eigenvalue weighted by molar-refractivity contribution is -0.117. The Balaban J connectivity index is 1.62. The highest BCUT2D eigenvalue weighted by atomic mass is 16.5. The van der Waals surface area contributed by atoms with Crippen LogP contribution in [-0.2, 0) is 20.8 Å². The first kappa shape index (κ1) is 27.3. The average Bonchev–Trinajstić information content (AvgIpc) is 3.34. The number of fused-ring (bicyclic) bond motifs is 5. The molecule has 1 aromatic heterocycles. The van der Waals surface area contributed by atoms with Gasteiger partial charge in [0.2, 0.25) is 0 Å². The number of aldehydes is 1. The molecule has 2 unspecified atom stereocenters. The topological polar surface area (TPSA) is 98.6 Å². The van der Waals surface area contributed by atoms with Crippen LogP contribution in [0.1, 0.15) is 45.7 Å². The summed E-state index contributed by atoms with van der Waals surface area (Å²) >= 11 is 0. The van der Waals surface area contributed by atoms with Crippen molar-refractivity contribution in [2.75, 3.05) is 31.2 Å². The van der Waals surface area contributed by atoms with E-state index >= 15 is 0 Å². The van der Waals surface area contributed by atoms with Crippen LogP contribution < -0.4 is 10.2 Å². The molecule has 3 aromatic rings. The number of hydrogen-bond donors (Lipinski definition) is 1. The van der Waals surface area contributed by atoms with E-state index in [9.17, 15) is 9.59 Å². The number of hydrogen-bond acceptors (Lipinski definition) is 7. The van der Waals surface area contributed by atoms with Crippen LogP contribution >= 0.6 is 0 Å². The number of alkyl carbamates (subject to hydrolysis) is 1. The Morgan fingerprint density at radius 1 is 1.08 bits per heavy atom. The van der Waals surface area contributed by atoms with Gasteiger partial charge in [0.1, 0.15) is 18.1 Å². The molecule has 2 heterocycles. The van der Waals surface area contributed by atoms with Crippen molar-refractivity contribution in [1.82, 2.24) is 20.3 Å². The molecule has 9 nitrogen and oxygen atoms in total. The van der Waals surface area contributed by atoms with Crippen molar-refractivity contribution < 1.29 is 19.1 Å². The van der Waals surface area contributed by atoms with Gasteiger partial charge in [-0.15, -0.1) is 5.10 Å². The fourth-order valence-electron chi connectivity index (χ4n) is 4.50. The van der Waals surface area contributed by atoms with E-state index in [-0.39, 0.29) is 6.04 Å². The van der Waals surface area contributed by atoms with Crippen molar-refractivity contribution in [3.8, 4) is 22.5 Å². The summed E-state index contributed by atoms with van der Waals surface area (Å²) in [6.07, 6.45) is 0.759. The molecule has 4 rings (SSSR count). The second kappa shape index (κ2) is 12.7. The summed E-state index contributed by atoms with van der Waals surface area (Å²) in [6, 6.07) is 16.2. The van der Waals surface area contributed by atoms with Gasteiger partial charge >= 0.3 is 6.09 Å². The first-order valence-corrected chi connectivity index (χ1v) is 13.2. The maximum Gasteiger partial charge on any atom is 0.407 e. The van der Waals surface area contributed by atoms with E-state index in [2.05, 4.69) is 58.6 Å². The molecule has 1 N–H and O–H groups in total. The minimum absolute atomic E-state index is 0.129. The fourth-order valence-corrected chi connectivity index (χ4v) is 4.50. The number of para-hydroxylation sites is 1. The molecule has 9 heteroatoms. The summed E-state index contributed by atoms with van der Waals surface area (Å²) in [5.41, 5.74) is 5.87. The minimum Gasteiger partial charge on any atom is -0.450 e. The Morgan fingerprint density at radius 2 is 1.82 bits per heavy atom. The van der Waals surface area contributed by atoms with Crippen molar-refractivity contribution in [1.29, 1.82) is 0 Å². The van der Waals surface area contributed by atoms with Gasteiger partial charge in [-0.25, -0.2) is 9.48 Å². The van der Waals surface area contributed by atoms with Crippen LogP contribution in [0.4, 0.5) is 10.5 Å². The number of anilines is 1. The molecule has 0 radical (unpaired) electrons. The highest BCUT2D eigenvalue weighted by Gasteiger charge is 2.28. The monoisotopic (exact) mass is 519 g/mol. The lowest BCUT2D eigenvalue weighted by atomic mass is 9.95. The zero-order chi connectivity index (χ0) is 27.1. The first-order valence-electron chi connectivity index (χ1n) is 13.2. The third-order valence-electron chi connectivity index (χ3n) is 6.62. The summed E-state index contributed by atoms with van der Waals surface area (Å²) in [6.45, 7) is 10.4. The van der Waals surface area contributed by atoms with Crippen LogP contribution in [-0.4, -0.2) is 59.8 Å². The molecule has 0 fully saturated rings. The van der Waals surface area contributed by atoms with E-state index in [0.29, 0.717) is 38.8 Å². The van der Waals surface area contributed by atoms with Gasteiger partial charge in [-0.3, -0.25) is 0 Å². The van der Waals surface area contributed by atoms with Crippen LogP contribution in [0.25, 0.3) is 22.5 Å². The Kier molecular flexibility index (Phi) is 9.12. The zero-order valence-corrected chi connectivity index (χ0v) is 22.6.